The highest BCUT2D eigenvalue weighted by Crippen LogP contribution is 2.16. The zero-order valence-corrected chi connectivity index (χ0v) is 12.8. The van der Waals surface area contributed by atoms with Crippen molar-refractivity contribution >= 4 is 0 Å². The van der Waals surface area contributed by atoms with Gasteiger partial charge in [0.25, 0.3) is 0 Å². The molecule has 0 heterocycles. The molecule has 0 radical (unpaired) electrons. The van der Waals surface area contributed by atoms with Crippen LogP contribution in [0.15, 0.2) is 18.2 Å². The maximum atomic E-state index is 5.11. The summed E-state index contributed by atoms with van der Waals surface area (Å²) in [6.07, 6.45) is 3.71. The van der Waals surface area contributed by atoms with Gasteiger partial charge in [-0.1, -0.05) is 53.5 Å². The minimum atomic E-state index is 0.951. The Hall–Kier alpha value is -0.980. The van der Waals surface area contributed by atoms with Crippen LogP contribution in [0.2, 0.25) is 0 Å². The molecular weight excluding hydrogens is 208 g/mol. The lowest BCUT2D eigenvalue weighted by atomic mass is 10.1. The summed E-state index contributed by atoms with van der Waals surface area (Å²) in [5.74, 6) is 0.951. The Morgan fingerprint density at radius 2 is 1.53 bits per heavy atom. The summed E-state index contributed by atoms with van der Waals surface area (Å²) in [6, 6.07) is 6.18. The number of aryl methyl sites for hydroxylation is 2. The molecule has 0 spiro atoms. The fourth-order valence-electron chi connectivity index (χ4n) is 1.16. The molecule has 0 saturated carbocycles. The van der Waals surface area contributed by atoms with Crippen molar-refractivity contribution in [2.45, 2.75) is 60.8 Å². The first-order valence-corrected chi connectivity index (χ1v) is 6.83. The molecule has 1 aromatic carbocycles. The normalized spacial score (nSPS) is 8.41. The first-order valence-electron chi connectivity index (χ1n) is 6.83. The van der Waals surface area contributed by atoms with Gasteiger partial charge in [0.05, 0.1) is 7.11 Å². The summed E-state index contributed by atoms with van der Waals surface area (Å²) >= 11 is 0. The SMILES string of the molecule is CC.CCCC.CCc1cc(OC)ccc1C. The molecule has 0 bridgehead atoms. The number of unbranched alkanes of at least 4 members (excludes halogenated alkanes) is 1. The van der Waals surface area contributed by atoms with Crippen LogP contribution in [0.4, 0.5) is 0 Å². The number of hydrogen-bond acceptors (Lipinski definition) is 1. The van der Waals surface area contributed by atoms with Gasteiger partial charge < -0.3 is 4.74 Å². The van der Waals surface area contributed by atoms with Crippen LogP contribution in [0.25, 0.3) is 0 Å². The zero-order valence-electron chi connectivity index (χ0n) is 12.8. The van der Waals surface area contributed by atoms with Gasteiger partial charge in [-0.3, -0.25) is 0 Å². The van der Waals surface area contributed by atoms with Gasteiger partial charge in [0.2, 0.25) is 0 Å². The monoisotopic (exact) mass is 238 g/mol. The average Bonchev–Trinajstić information content (AvgIpc) is 2.42. The third kappa shape index (κ3) is 8.79. The van der Waals surface area contributed by atoms with Crippen molar-refractivity contribution < 1.29 is 4.74 Å². The van der Waals surface area contributed by atoms with E-state index in [1.165, 1.54) is 24.0 Å². The van der Waals surface area contributed by atoms with Gasteiger partial charge in [0.1, 0.15) is 5.75 Å². The predicted octanol–water partition coefficient (Wildman–Crippen LogP) is 5.40. The lowest BCUT2D eigenvalue weighted by Crippen LogP contribution is -1.88. The molecule has 0 saturated heterocycles. The highest BCUT2D eigenvalue weighted by Gasteiger charge is 1.96. The van der Waals surface area contributed by atoms with E-state index in [-0.39, 0.29) is 0 Å². The van der Waals surface area contributed by atoms with Gasteiger partial charge in [0, 0.05) is 0 Å². The Morgan fingerprint density at radius 1 is 1.00 bits per heavy atom. The Labute approximate surface area is 108 Å². The second-order valence-electron chi connectivity index (χ2n) is 3.65. The number of methoxy groups -OCH3 is 1. The standard InChI is InChI=1S/C10H14O.C4H10.C2H6/c1-4-9-7-10(11-3)6-5-8(9)2;1-3-4-2;1-2/h5-7H,4H2,1-3H3;3-4H2,1-2H3;1-2H3. The summed E-state index contributed by atoms with van der Waals surface area (Å²) in [5, 5.41) is 0. The minimum Gasteiger partial charge on any atom is -0.497 e. The van der Waals surface area contributed by atoms with Gasteiger partial charge in [-0.25, -0.2) is 0 Å². The molecule has 0 fully saturated rings. The lowest BCUT2D eigenvalue weighted by molar-refractivity contribution is 0.414. The van der Waals surface area contributed by atoms with E-state index in [1.54, 1.807) is 7.11 Å². The molecule has 0 aliphatic heterocycles. The largest absolute Gasteiger partial charge is 0.497 e. The number of hydrogen-bond donors (Lipinski definition) is 0. The molecule has 17 heavy (non-hydrogen) atoms. The van der Waals surface area contributed by atoms with Crippen LogP contribution in [0.3, 0.4) is 0 Å². The molecule has 0 unspecified atom stereocenters. The van der Waals surface area contributed by atoms with E-state index < -0.39 is 0 Å². The van der Waals surface area contributed by atoms with E-state index in [1.807, 2.05) is 19.9 Å². The molecule has 0 N–H and O–H groups in total. The first kappa shape index (κ1) is 18.4. The molecule has 100 valence electrons. The Morgan fingerprint density at radius 3 is 1.88 bits per heavy atom. The number of ether oxygens (including phenoxy) is 1. The molecular formula is C16H30O. The third-order valence-corrected chi connectivity index (χ3v) is 2.44. The van der Waals surface area contributed by atoms with E-state index in [9.17, 15) is 0 Å². The van der Waals surface area contributed by atoms with Crippen molar-refractivity contribution in [3.63, 3.8) is 0 Å². The zero-order chi connectivity index (χ0) is 13.7. The summed E-state index contributed by atoms with van der Waals surface area (Å²) in [5.41, 5.74) is 2.71. The molecule has 1 heteroatoms. The van der Waals surface area contributed by atoms with Gasteiger partial charge in [-0.05, 0) is 36.6 Å². The smallest absolute Gasteiger partial charge is 0.119 e. The quantitative estimate of drug-likeness (QED) is 0.685. The fraction of sp³-hybridized carbons (Fsp3) is 0.625. The number of benzene rings is 1. The van der Waals surface area contributed by atoms with Gasteiger partial charge in [-0.2, -0.15) is 0 Å². The maximum absolute atomic E-state index is 5.11. The summed E-state index contributed by atoms with van der Waals surface area (Å²) < 4.78 is 5.11. The average molecular weight is 238 g/mol. The Kier molecular flexibility index (Phi) is 14.2. The van der Waals surface area contributed by atoms with Crippen LogP contribution in [0.5, 0.6) is 5.75 Å². The van der Waals surface area contributed by atoms with Crippen molar-refractivity contribution in [3.8, 4) is 5.75 Å². The van der Waals surface area contributed by atoms with Crippen LogP contribution in [-0.2, 0) is 6.42 Å². The minimum absolute atomic E-state index is 0.951. The van der Waals surface area contributed by atoms with Crippen molar-refractivity contribution in [3.05, 3.63) is 29.3 Å². The van der Waals surface area contributed by atoms with E-state index in [0.717, 1.165) is 12.2 Å². The van der Waals surface area contributed by atoms with Crippen molar-refractivity contribution in [2.24, 2.45) is 0 Å². The number of rotatable bonds is 3. The van der Waals surface area contributed by atoms with Crippen LogP contribution >= 0.6 is 0 Å². The summed E-state index contributed by atoms with van der Waals surface area (Å²) in [7, 11) is 1.70. The van der Waals surface area contributed by atoms with E-state index >= 15 is 0 Å². The van der Waals surface area contributed by atoms with Crippen LogP contribution in [0, 0.1) is 6.92 Å². The van der Waals surface area contributed by atoms with Crippen molar-refractivity contribution in [2.75, 3.05) is 7.11 Å². The summed E-state index contributed by atoms with van der Waals surface area (Å²) in [6.45, 7) is 12.6. The summed E-state index contributed by atoms with van der Waals surface area (Å²) in [4.78, 5) is 0. The molecule has 0 aliphatic rings. The molecule has 1 aromatic rings. The molecule has 1 rings (SSSR count). The second-order valence-corrected chi connectivity index (χ2v) is 3.65. The van der Waals surface area contributed by atoms with Crippen LogP contribution in [0.1, 0.15) is 58.6 Å². The van der Waals surface area contributed by atoms with Gasteiger partial charge in [-0.15, -0.1) is 0 Å². The third-order valence-electron chi connectivity index (χ3n) is 2.44. The predicted molar refractivity (Wildman–Crippen MR) is 79.0 cm³/mol. The first-order chi connectivity index (χ1) is 8.19. The molecule has 0 aliphatic carbocycles. The molecule has 0 atom stereocenters. The Bertz CT molecular complexity index is 264. The van der Waals surface area contributed by atoms with Crippen molar-refractivity contribution in [1.29, 1.82) is 0 Å². The van der Waals surface area contributed by atoms with E-state index in [4.69, 9.17) is 4.74 Å². The van der Waals surface area contributed by atoms with Crippen molar-refractivity contribution in [1.82, 2.24) is 0 Å². The lowest BCUT2D eigenvalue weighted by Gasteiger charge is -2.05. The molecule has 0 aromatic heterocycles. The van der Waals surface area contributed by atoms with Gasteiger partial charge >= 0.3 is 0 Å². The van der Waals surface area contributed by atoms with Gasteiger partial charge in [0.15, 0.2) is 0 Å². The molecule has 0 amide bonds. The fourth-order valence-corrected chi connectivity index (χ4v) is 1.16. The van der Waals surface area contributed by atoms with E-state index in [2.05, 4.69) is 39.8 Å². The van der Waals surface area contributed by atoms with E-state index in [0.29, 0.717) is 0 Å². The topological polar surface area (TPSA) is 9.23 Å². The van der Waals surface area contributed by atoms with Crippen LogP contribution in [-0.4, -0.2) is 7.11 Å². The molecule has 1 nitrogen and oxygen atoms in total. The van der Waals surface area contributed by atoms with Crippen LogP contribution < -0.4 is 4.74 Å². The highest BCUT2D eigenvalue weighted by molar-refractivity contribution is 5.34. The highest BCUT2D eigenvalue weighted by atomic mass is 16.5. The second kappa shape index (κ2) is 13.1. The maximum Gasteiger partial charge on any atom is 0.119 e. The Balaban J connectivity index is 0.